The summed E-state index contributed by atoms with van der Waals surface area (Å²) in [5, 5.41) is 12.8. The van der Waals surface area contributed by atoms with Gasteiger partial charge in [0, 0.05) is 18.3 Å². The van der Waals surface area contributed by atoms with Crippen LogP contribution in [0.3, 0.4) is 0 Å². The molecule has 0 N–H and O–H groups in total. The fourth-order valence-corrected chi connectivity index (χ4v) is 3.61. The molecule has 29 heavy (non-hydrogen) atoms. The van der Waals surface area contributed by atoms with Gasteiger partial charge >= 0.3 is 0 Å². The second kappa shape index (κ2) is 7.16. The number of fused-ring (bicyclic) bond motifs is 1. The van der Waals surface area contributed by atoms with Crippen molar-refractivity contribution in [2.75, 3.05) is 20.1 Å². The quantitative estimate of drug-likeness (QED) is 0.516. The summed E-state index contributed by atoms with van der Waals surface area (Å²) in [5.41, 5.74) is 1.98. The van der Waals surface area contributed by atoms with Crippen LogP contribution in [-0.2, 0) is 0 Å². The lowest BCUT2D eigenvalue weighted by Crippen LogP contribution is -2.31. The number of hydrogen-bond donors (Lipinski definition) is 0. The standard InChI is InChI=1S/C19H17ClFN8/c1-27-7-4-12(5-8-27)28-9-6-16(25-28)18-22-11-17-19(23-18)29(26-24-17)13-2-3-14(20)15(21)10-13/h2-3,9-12H,4-5,7-8H2,1H3. The van der Waals surface area contributed by atoms with E-state index in [-0.39, 0.29) is 5.02 Å². The fourth-order valence-electron chi connectivity index (χ4n) is 3.49. The van der Waals surface area contributed by atoms with E-state index in [1.807, 2.05) is 10.9 Å². The van der Waals surface area contributed by atoms with Crippen LogP contribution in [0.2, 0.25) is 5.02 Å². The lowest BCUT2D eigenvalue weighted by atomic mass is 10.1. The van der Waals surface area contributed by atoms with Gasteiger partial charge in [0.2, 0.25) is 0 Å². The fraction of sp³-hybridized carbons (Fsp3) is 0.316. The van der Waals surface area contributed by atoms with Crippen LogP contribution in [0.25, 0.3) is 28.4 Å². The number of nitrogens with zero attached hydrogens (tertiary/aromatic N) is 8. The molecular formula is C19H17ClFN8. The first-order valence-electron chi connectivity index (χ1n) is 9.28. The lowest BCUT2D eigenvalue weighted by molar-refractivity contribution is 0.212. The predicted molar refractivity (Wildman–Crippen MR) is 105 cm³/mol. The molecule has 1 aliphatic rings. The molecule has 0 unspecified atom stereocenters. The van der Waals surface area contributed by atoms with Crippen LogP contribution < -0.4 is 0 Å². The Balaban J connectivity index is 1.49. The smallest absolute Gasteiger partial charge is 0.187 e. The first-order valence-corrected chi connectivity index (χ1v) is 9.66. The van der Waals surface area contributed by atoms with Gasteiger partial charge in [0.25, 0.3) is 0 Å². The number of hydrogen-bond acceptors (Lipinski definition) is 6. The number of piperidine rings is 1. The molecule has 0 bridgehead atoms. The van der Waals surface area contributed by atoms with Crippen LogP contribution in [0.5, 0.6) is 0 Å². The predicted octanol–water partition coefficient (Wildman–Crippen LogP) is 2.93. The molecule has 147 valence electrons. The molecular weight excluding hydrogens is 395 g/mol. The summed E-state index contributed by atoms with van der Waals surface area (Å²) in [5.74, 6) is -0.116. The van der Waals surface area contributed by atoms with Crippen LogP contribution in [0, 0.1) is 11.9 Å². The maximum absolute atomic E-state index is 13.9. The molecule has 0 amide bonds. The highest BCUT2D eigenvalue weighted by molar-refractivity contribution is 6.30. The number of aromatic nitrogens is 7. The second-order valence-corrected chi connectivity index (χ2v) is 7.55. The van der Waals surface area contributed by atoms with E-state index in [0.717, 1.165) is 25.9 Å². The summed E-state index contributed by atoms with van der Waals surface area (Å²) < 4.78 is 17.3. The van der Waals surface area contributed by atoms with E-state index in [1.165, 1.54) is 16.8 Å². The Kier molecular flexibility index (Phi) is 4.48. The third-order valence-electron chi connectivity index (χ3n) is 5.16. The molecule has 0 atom stereocenters. The zero-order chi connectivity index (χ0) is 20.0. The summed E-state index contributed by atoms with van der Waals surface area (Å²) in [6.07, 6.45) is 5.52. The molecule has 0 aliphatic carbocycles. The number of benzene rings is 1. The minimum Gasteiger partial charge on any atom is -0.306 e. The van der Waals surface area contributed by atoms with Crippen LogP contribution in [0.4, 0.5) is 4.39 Å². The van der Waals surface area contributed by atoms with Gasteiger partial charge in [0.1, 0.15) is 11.5 Å². The van der Waals surface area contributed by atoms with Gasteiger partial charge in [-0.05, 0) is 45.1 Å². The molecule has 0 saturated carbocycles. The highest BCUT2D eigenvalue weighted by atomic mass is 35.5. The Bertz CT molecular complexity index is 1180. The molecule has 5 rings (SSSR count). The second-order valence-electron chi connectivity index (χ2n) is 7.14. The van der Waals surface area contributed by atoms with Gasteiger partial charge in [0.15, 0.2) is 17.0 Å². The molecule has 1 aromatic carbocycles. The highest BCUT2D eigenvalue weighted by Crippen LogP contribution is 2.24. The van der Waals surface area contributed by atoms with Crippen molar-refractivity contribution in [3.8, 4) is 17.2 Å². The maximum atomic E-state index is 13.9. The van der Waals surface area contributed by atoms with Gasteiger partial charge in [-0.2, -0.15) is 9.78 Å². The Hall–Kier alpha value is -2.91. The van der Waals surface area contributed by atoms with Crippen molar-refractivity contribution in [2.24, 2.45) is 0 Å². The molecule has 1 fully saturated rings. The third-order valence-corrected chi connectivity index (χ3v) is 5.47. The largest absolute Gasteiger partial charge is 0.306 e. The van der Waals surface area contributed by atoms with Crippen molar-refractivity contribution >= 4 is 22.8 Å². The molecule has 4 aromatic rings. The molecule has 8 nitrogen and oxygen atoms in total. The normalized spacial score (nSPS) is 16.0. The third kappa shape index (κ3) is 3.36. The van der Waals surface area contributed by atoms with Gasteiger partial charge in [0.05, 0.1) is 22.9 Å². The van der Waals surface area contributed by atoms with Crippen molar-refractivity contribution < 1.29 is 4.39 Å². The van der Waals surface area contributed by atoms with E-state index in [2.05, 4.69) is 43.4 Å². The van der Waals surface area contributed by atoms with Gasteiger partial charge < -0.3 is 4.90 Å². The summed E-state index contributed by atoms with van der Waals surface area (Å²) >= 11 is 5.78. The number of rotatable bonds is 3. The van der Waals surface area contributed by atoms with Crippen molar-refractivity contribution in [2.45, 2.75) is 18.9 Å². The van der Waals surface area contributed by atoms with Crippen LogP contribution in [0.1, 0.15) is 18.9 Å². The molecule has 10 heteroatoms. The molecule has 1 radical (unpaired) electrons. The summed E-state index contributed by atoms with van der Waals surface area (Å²) in [6, 6.07) is 7.92. The zero-order valence-electron chi connectivity index (χ0n) is 15.6. The van der Waals surface area contributed by atoms with Crippen molar-refractivity contribution in [1.82, 2.24) is 39.6 Å². The Labute approximate surface area is 170 Å². The van der Waals surface area contributed by atoms with Gasteiger partial charge in [-0.25, -0.2) is 14.4 Å². The first-order chi connectivity index (χ1) is 14.1. The Morgan fingerprint density at radius 2 is 2.07 bits per heavy atom. The topological polar surface area (TPSA) is 77.5 Å². The Morgan fingerprint density at radius 3 is 2.86 bits per heavy atom. The van der Waals surface area contributed by atoms with Gasteiger partial charge in [-0.1, -0.05) is 16.8 Å². The van der Waals surface area contributed by atoms with Crippen LogP contribution in [-0.4, -0.2) is 59.8 Å². The van der Waals surface area contributed by atoms with E-state index < -0.39 is 5.82 Å². The summed E-state index contributed by atoms with van der Waals surface area (Å²) in [4.78, 5) is 11.2. The van der Waals surface area contributed by atoms with E-state index in [1.54, 1.807) is 12.3 Å². The molecule has 4 heterocycles. The minimum absolute atomic E-state index is 0.0440. The minimum atomic E-state index is -0.535. The molecule has 3 aromatic heterocycles. The van der Waals surface area contributed by atoms with E-state index in [4.69, 9.17) is 11.6 Å². The average Bonchev–Trinajstić information content (AvgIpc) is 3.37. The van der Waals surface area contributed by atoms with Crippen molar-refractivity contribution in [3.05, 3.63) is 47.5 Å². The maximum Gasteiger partial charge on any atom is 0.187 e. The molecule has 0 spiro atoms. The average molecular weight is 412 g/mol. The first kappa shape index (κ1) is 18.1. The highest BCUT2D eigenvalue weighted by Gasteiger charge is 2.20. The zero-order valence-corrected chi connectivity index (χ0v) is 16.4. The van der Waals surface area contributed by atoms with Gasteiger partial charge in [-0.15, -0.1) is 5.10 Å². The Morgan fingerprint density at radius 1 is 1.24 bits per heavy atom. The van der Waals surface area contributed by atoms with E-state index >= 15 is 0 Å². The summed E-state index contributed by atoms with van der Waals surface area (Å²) in [6.45, 7) is 2.09. The monoisotopic (exact) mass is 411 g/mol. The van der Waals surface area contributed by atoms with Crippen molar-refractivity contribution in [3.63, 3.8) is 0 Å². The molecule has 1 aliphatic heterocycles. The number of likely N-dealkylation sites (tertiary alicyclic amines) is 1. The van der Waals surface area contributed by atoms with Crippen LogP contribution in [0.15, 0.2) is 30.6 Å². The van der Waals surface area contributed by atoms with Crippen LogP contribution >= 0.6 is 11.6 Å². The SMILES string of the molecule is CN1CCC(n2c[c]c(-c3ncc4nnn(-c5ccc(Cl)c(F)c5)c4n3)n2)CC1. The van der Waals surface area contributed by atoms with Gasteiger partial charge in [-0.3, -0.25) is 4.68 Å². The number of halogens is 2. The van der Waals surface area contributed by atoms with E-state index in [0.29, 0.717) is 34.4 Å². The lowest BCUT2D eigenvalue weighted by Gasteiger charge is -2.28. The molecule has 1 saturated heterocycles. The van der Waals surface area contributed by atoms with Crippen molar-refractivity contribution in [1.29, 1.82) is 0 Å². The summed E-state index contributed by atoms with van der Waals surface area (Å²) in [7, 11) is 2.13. The van der Waals surface area contributed by atoms with E-state index in [9.17, 15) is 4.39 Å².